The zero-order valence-corrected chi connectivity index (χ0v) is 13.4. The second-order valence-electron chi connectivity index (χ2n) is 4.80. The summed E-state index contributed by atoms with van der Waals surface area (Å²) in [5, 5.41) is 0.693. The van der Waals surface area contributed by atoms with Crippen LogP contribution in [-0.4, -0.2) is 22.5 Å². The number of carbonyl (C=O) groups excluding carboxylic acids is 1. The maximum atomic E-state index is 12.1. The SMILES string of the molecule is CCOC(=O)c1c(C)nc(N)nc1CCc1ccccc1Cl. The largest absolute Gasteiger partial charge is 0.462 e. The van der Waals surface area contributed by atoms with Gasteiger partial charge in [-0.25, -0.2) is 14.8 Å². The molecule has 0 atom stereocenters. The summed E-state index contributed by atoms with van der Waals surface area (Å²) < 4.78 is 5.08. The molecule has 1 aromatic carbocycles. The van der Waals surface area contributed by atoms with Gasteiger partial charge in [0.15, 0.2) is 0 Å². The van der Waals surface area contributed by atoms with Gasteiger partial charge in [0.2, 0.25) is 5.95 Å². The van der Waals surface area contributed by atoms with Gasteiger partial charge in [-0.2, -0.15) is 0 Å². The smallest absolute Gasteiger partial charge is 0.341 e. The lowest BCUT2D eigenvalue weighted by Gasteiger charge is -2.11. The van der Waals surface area contributed by atoms with Crippen molar-refractivity contribution < 1.29 is 9.53 Å². The number of halogens is 1. The van der Waals surface area contributed by atoms with Gasteiger partial charge in [-0.1, -0.05) is 29.8 Å². The van der Waals surface area contributed by atoms with Gasteiger partial charge in [0, 0.05) is 5.02 Å². The minimum atomic E-state index is -0.422. The summed E-state index contributed by atoms with van der Waals surface area (Å²) in [4.78, 5) is 20.4. The van der Waals surface area contributed by atoms with Crippen molar-refractivity contribution in [3.8, 4) is 0 Å². The first-order valence-corrected chi connectivity index (χ1v) is 7.44. The second-order valence-corrected chi connectivity index (χ2v) is 5.21. The molecule has 1 aromatic heterocycles. The molecule has 116 valence electrons. The fraction of sp³-hybridized carbons (Fsp3) is 0.312. The number of rotatable bonds is 5. The monoisotopic (exact) mass is 319 g/mol. The minimum Gasteiger partial charge on any atom is -0.462 e. The molecule has 0 radical (unpaired) electrons. The van der Waals surface area contributed by atoms with Crippen LogP contribution < -0.4 is 5.73 Å². The molecule has 0 aliphatic rings. The number of hydrogen-bond acceptors (Lipinski definition) is 5. The molecule has 0 saturated carbocycles. The van der Waals surface area contributed by atoms with Gasteiger partial charge in [0.05, 0.1) is 18.0 Å². The van der Waals surface area contributed by atoms with Gasteiger partial charge in [-0.05, 0) is 38.3 Å². The zero-order chi connectivity index (χ0) is 16.1. The highest BCUT2D eigenvalue weighted by atomic mass is 35.5. The summed E-state index contributed by atoms with van der Waals surface area (Å²) in [6.07, 6.45) is 1.19. The van der Waals surface area contributed by atoms with E-state index in [1.807, 2.05) is 24.3 Å². The van der Waals surface area contributed by atoms with Crippen LogP contribution in [0.4, 0.5) is 5.95 Å². The van der Waals surface area contributed by atoms with Crippen LogP contribution in [0.3, 0.4) is 0 Å². The summed E-state index contributed by atoms with van der Waals surface area (Å²) >= 11 is 6.16. The number of nitrogens with two attached hydrogens (primary N) is 1. The van der Waals surface area contributed by atoms with Crippen molar-refractivity contribution in [3.63, 3.8) is 0 Å². The maximum Gasteiger partial charge on any atom is 0.341 e. The third-order valence-corrected chi connectivity index (χ3v) is 3.62. The molecule has 0 saturated heterocycles. The Morgan fingerprint density at radius 1 is 1.27 bits per heavy atom. The van der Waals surface area contributed by atoms with Crippen LogP contribution in [0.1, 0.15) is 34.2 Å². The van der Waals surface area contributed by atoms with E-state index in [2.05, 4.69) is 9.97 Å². The Bertz CT molecular complexity index is 689. The zero-order valence-electron chi connectivity index (χ0n) is 12.6. The van der Waals surface area contributed by atoms with E-state index in [9.17, 15) is 4.79 Å². The van der Waals surface area contributed by atoms with Gasteiger partial charge in [0.25, 0.3) is 0 Å². The molecule has 0 bridgehead atoms. The van der Waals surface area contributed by atoms with Crippen molar-refractivity contribution in [2.45, 2.75) is 26.7 Å². The molecule has 0 unspecified atom stereocenters. The molecule has 0 amide bonds. The number of ether oxygens (including phenoxy) is 1. The molecule has 0 aliphatic heterocycles. The molecule has 2 N–H and O–H groups in total. The lowest BCUT2D eigenvalue weighted by atomic mass is 10.0. The lowest BCUT2D eigenvalue weighted by Crippen LogP contribution is -2.15. The summed E-state index contributed by atoms with van der Waals surface area (Å²) in [6, 6.07) is 7.59. The third kappa shape index (κ3) is 3.74. The molecule has 0 fully saturated rings. The molecule has 0 aliphatic carbocycles. The first-order valence-electron chi connectivity index (χ1n) is 7.06. The van der Waals surface area contributed by atoms with E-state index in [1.54, 1.807) is 13.8 Å². The van der Waals surface area contributed by atoms with Crippen molar-refractivity contribution in [1.82, 2.24) is 9.97 Å². The van der Waals surface area contributed by atoms with Crippen molar-refractivity contribution in [2.24, 2.45) is 0 Å². The molecular formula is C16H18ClN3O2. The van der Waals surface area contributed by atoms with Gasteiger partial charge in [-0.15, -0.1) is 0 Å². The van der Waals surface area contributed by atoms with Gasteiger partial charge in [-0.3, -0.25) is 0 Å². The summed E-state index contributed by atoms with van der Waals surface area (Å²) in [6.45, 7) is 3.78. The van der Waals surface area contributed by atoms with Crippen LogP contribution in [0.2, 0.25) is 5.02 Å². The van der Waals surface area contributed by atoms with E-state index in [0.29, 0.717) is 41.4 Å². The molecule has 5 nitrogen and oxygen atoms in total. The van der Waals surface area contributed by atoms with E-state index >= 15 is 0 Å². The maximum absolute atomic E-state index is 12.1. The highest BCUT2D eigenvalue weighted by Gasteiger charge is 2.19. The van der Waals surface area contributed by atoms with Gasteiger partial charge in [0.1, 0.15) is 5.56 Å². The predicted molar refractivity (Wildman–Crippen MR) is 86.0 cm³/mol. The highest BCUT2D eigenvalue weighted by molar-refractivity contribution is 6.31. The normalized spacial score (nSPS) is 10.5. The van der Waals surface area contributed by atoms with E-state index in [4.69, 9.17) is 22.1 Å². The molecule has 1 heterocycles. The van der Waals surface area contributed by atoms with Crippen LogP contribution in [-0.2, 0) is 17.6 Å². The highest BCUT2D eigenvalue weighted by Crippen LogP contribution is 2.20. The van der Waals surface area contributed by atoms with E-state index in [1.165, 1.54) is 0 Å². The minimum absolute atomic E-state index is 0.153. The van der Waals surface area contributed by atoms with Crippen LogP contribution in [0.5, 0.6) is 0 Å². The number of esters is 1. The number of nitrogen functional groups attached to an aromatic ring is 1. The third-order valence-electron chi connectivity index (χ3n) is 3.25. The van der Waals surface area contributed by atoms with Gasteiger partial charge < -0.3 is 10.5 Å². The summed E-state index contributed by atoms with van der Waals surface area (Å²) in [7, 11) is 0. The summed E-state index contributed by atoms with van der Waals surface area (Å²) in [5.74, 6) is -0.270. The number of carbonyl (C=O) groups is 1. The van der Waals surface area contributed by atoms with Crippen LogP contribution in [0.15, 0.2) is 24.3 Å². The number of aryl methyl sites for hydroxylation is 3. The fourth-order valence-electron chi connectivity index (χ4n) is 2.26. The van der Waals surface area contributed by atoms with Crippen molar-refractivity contribution in [1.29, 1.82) is 0 Å². The average Bonchev–Trinajstić information content (AvgIpc) is 2.46. The Morgan fingerprint density at radius 3 is 2.68 bits per heavy atom. The Labute approximate surface area is 134 Å². The Morgan fingerprint density at radius 2 is 2.00 bits per heavy atom. The summed E-state index contributed by atoms with van der Waals surface area (Å²) in [5.41, 5.74) is 8.20. The predicted octanol–water partition coefficient (Wildman–Crippen LogP) is 2.98. The van der Waals surface area contributed by atoms with Crippen molar-refractivity contribution in [3.05, 3.63) is 51.8 Å². The quantitative estimate of drug-likeness (QED) is 0.857. The molecule has 2 rings (SSSR count). The first kappa shape index (κ1) is 16.2. The van der Waals surface area contributed by atoms with E-state index in [0.717, 1.165) is 5.56 Å². The number of hydrogen-bond donors (Lipinski definition) is 1. The second kappa shape index (κ2) is 7.22. The number of benzene rings is 1. The number of nitrogens with zero attached hydrogens (tertiary/aromatic N) is 2. The Balaban J connectivity index is 2.29. The lowest BCUT2D eigenvalue weighted by molar-refractivity contribution is 0.0523. The van der Waals surface area contributed by atoms with E-state index < -0.39 is 5.97 Å². The molecular weight excluding hydrogens is 302 g/mol. The van der Waals surface area contributed by atoms with Crippen molar-refractivity contribution in [2.75, 3.05) is 12.3 Å². The molecule has 22 heavy (non-hydrogen) atoms. The number of aromatic nitrogens is 2. The van der Waals surface area contributed by atoms with Crippen LogP contribution in [0, 0.1) is 6.92 Å². The Hall–Kier alpha value is -2.14. The topological polar surface area (TPSA) is 78.1 Å². The van der Waals surface area contributed by atoms with E-state index in [-0.39, 0.29) is 5.95 Å². The van der Waals surface area contributed by atoms with Crippen LogP contribution in [0.25, 0.3) is 0 Å². The van der Waals surface area contributed by atoms with Crippen LogP contribution >= 0.6 is 11.6 Å². The Kier molecular flexibility index (Phi) is 5.33. The standard InChI is InChI=1S/C16H18ClN3O2/c1-3-22-15(21)14-10(2)19-16(18)20-13(14)9-8-11-6-4-5-7-12(11)17/h4-7H,3,8-9H2,1-2H3,(H2,18,19,20). The fourth-order valence-corrected chi connectivity index (χ4v) is 2.49. The first-order chi connectivity index (χ1) is 10.5. The average molecular weight is 320 g/mol. The van der Waals surface area contributed by atoms with Crippen molar-refractivity contribution >= 4 is 23.5 Å². The van der Waals surface area contributed by atoms with Gasteiger partial charge >= 0.3 is 5.97 Å². The number of anilines is 1. The molecule has 0 spiro atoms. The molecule has 2 aromatic rings. The molecule has 6 heteroatoms.